The van der Waals surface area contributed by atoms with Gasteiger partial charge in [-0.15, -0.1) is 0 Å². The lowest BCUT2D eigenvalue weighted by Crippen LogP contribution is -2.41. The molecule has 28 heavy (non-hydrogen) atoms. The van der Waals surface area contributed by atoms with Crippen LogP contribution in [0.3, 0.4) is 0 Å². The lowest BCUT2D eigenvalue weighted by atomic mass is 9.74. The molecule has 156 valence electrons. The molecule has 3 rings (SSSR count). The Morgan fingerprint density at radius 2 is 1.93 bits per heavy atom. The third-order valence-corrected chi connectivity index (χ3v) is 6.96. The molecule has 0 spiro atoms. The Labute approximate surface area is 170 Å². The zero-order chi connectivity index (χ0) is 20.4. The van der Waals surface area contributed by atoms with Gasteiger partial charge >= 0.3 is 0 Å². The molecule has 0 unspecified atom stereocenters. The number of likely N-dealkylation sites (N-methyl/N-ethyl adjacent to an activating group) is 1. The summed E-state index contributed by atoms with van der Waals surface area (Å²) in [5.74, 6) is 0. The van der Waals surface area contributed by atoms with E-state index in [0.29, 0.717) is 11.5 Å². The van der Waals surface area contributed by atoms with E-state index in [9.17, 15) is 5.11 Å². The van der Waals surface area contributed by atoms with E-state index in [-0.39, 0.29) is 0 Å². The van der Waals surface area contributed by atoms with E-state index in [0.717, 1.165) is 68.5 Å². The van der Waals surface area contributed by atoms with Crippen LogP contribution in [0.25, 0.3) is 5.57 Å². The quantitative estimate of drug-likeness (QED) is 0.703. The van der Waals surface area contributed by atoms with Crippen LogP contribution < -0.4 is 5.73 Å². The third-order valence-electron chi connectivity index (χ3n) is 6.96. The van der Waals surface area contributed by atoms with Crippen molar-refractivity contribution in [3.8, 4) is 0 Å². The number of aliphatic hydroxyl groups is 1. The molecule has 1 aromatic carbocycles. The molecule has 1 fully saturated rings. The minimum Gasteiger partial charge on any atom is -0.398 e. The molecule has 0 amide bonds. The lowest BCUT2D eigenvalue weighted by Gasteiger charge is -2.40. The first kappa shape index (κ1) is 21.4. The number of nitrogen functional groups attached to an aromatic ring is 1. The van der Waals surface area contributed by atoms with Crippen molar-refractivity contribution in [2.75, 3.05) is 33.0 Å². The van der Waals surface area contributed by atoms with Gasteiger partial charge in [-0.2, -0.15) is 0 Å². The third kappa shape index (κ3) is 4.79. The fourth-order valence-electron chi connectivity index (χ4n) is 4.67. The monoisotopic (exact) mass is 386 g/mol. The molecular formula is C24H38N2O2. The van der Waals surface area contributed by atoms with Crippen molar-refractivity contribution in [1.82, 2.24) is 4.90 Å². The molecule has 2 aliphatic rings. The summed E-state index contributed by atoms with van der Waals surface area (Å²) in [6, 6.07) is 6.70. The molecule has 3 N–H and O–H groups in total. The number of hydrogen-bond donors (Lipinski definition) is 2. The number of anilines is 1. The molecule has 4 nitrogen and oxygen atoms in total. The average molecular weight is 387 g/mol. The second kappa shape index (κ2) is 8.56. The second-order valence-corrected chi connectivity index (χ2v) is 9.64. The molecule has 1 saturated carbocycles. The molecular weight excluding hydrogens is 348 g/mol. The van der Waals surface area contributed by atoms with E-state index < -0.39 is 5.60 Å². The van der Waals surface area contributed by atoms with Crippen LogP contribution in [0.4, 0.5) is 5.69 Å². The molecule has 0 heterocycles. The number of nitrogens with zero attached hydrogens (tertiary/aromatic N) is 1. The minimum atomic E-state index is -0.741. The summed E-state index contributed by atoms with van der Waals surface area (Å²) in [6.07, 6.45) is 9.29. The van der Waals surface area contributed by atoms with Crippen LogP contribution in [-0.2, 0) is 10.3 Å². The van der Waals surface area contributed by atoms with Gasteiger partial charge in [-0.1, -0.05) is 26.0 Å². The van der Waals surface area contributed by atoms with E-state index in [1.807, 2.05) is 12.1 Å². The Hall–Kier alpha value is -1.36. The van der Waals surface area contributed by atoms with Gasteiger partial charge in [0.05, 0.1) is 12.2 Å². The van der Waals surface area contributed by atoms with Crippen molar-refractivity contribution in [3.63, 3.8) is 0 Å². The average Bonchev–Trinajstić information content (AvgIpc) is 2.67. The SMILES string of the molecule is COCCN(C)C1CCC(O)(c2ccc(N)c(C3=CCC(C)(C)CC3)c2)CC1. The van der Waals surface area contributed by atoms with Crippen LogP contribution >= 0.6 is 0 Å². The Kier molecular flexibility index (Phi) is 6.53. The van der Waals surface area contributed by atoms with Crippen LogP contribution in [-0.4, -0.2) is 43.4 Å². The molecule has 0 saturated heterocycles. The second-order valence-electron chi connectivity index (χ2n) is 9.64. The summed E-state index contributed by atoms with van der Waals surface area (Å²) < 4.78 is 5.20. The molecule has 4 heteroatoms. The number of ether oxygens (including phenoxy) is 1. The smallest absolute Gasteiger partial charge is 0.0898 e. The predicted molar refractivity (Wildman–Crippen MR) is 117 cm³/mol. The van der Waals surface area contributed by atoms with E-state index in [4.69, 9.17) is 10.5 Å². The summed E-state index contributed by atoms with van der Waals surface area (Å²) in [5, 5.41) is 11.4. The zero-order valence-electron chi connectivity index (χ0n) is 18.1. The molecule has 2 aliphatic carbocycles. The van der Waals surface area contributed by atoms with Crippen molar-refractivity contribution >= 4 is 11.3 Å². The van der Waals surface area contributed by atoms with Gasteiger partial charge in [0.25, 0.3) is 0 Å². The largest absolute Gasteiger partial charge is 0.398 e. The number of allylic oxidation sites excluding steroid dienone is 2. The van der Waals surface area contributed by atoms with Gasteiger partial charge in [0.1, 0.15) is 0 Å². The van der Waals surface area contributed by atoms with E-state index in [1.165, 1.54) is 12.0 Å². The molecule has 0 aliphatic heterocycles. The van der Waals surface area contributed by atoms with Crippen molar-refractivity contribution in [2.24, 2.45) is 5.41 Å². The van der Waals surface area contributed by atoms with Crippen LogP contribution in [0.1, 0.15) is 69.9 Å². The van der Waals surface area contributed by atoms with Crippen molar-refractivity contribution in [2.45, 2.75) is 70.4 Å². The maximum absolute atomic E-state index is 11.4. The number of benzene rings is 1. The first-order chi connectivity index (χ1) is 13.2. The molecule has 0 atom stereocenters. The summed E-state index contributed by atoms with van der Waals surface area (Å²) in [5.41, 5.74) is 10.3. The molecule has 1 aromatic rings. The number of hydrogen-bond acceptors (Lipinski definition) is 4. The highest BCUT2D eigenvalue weighted by molar-refractivity contribution is 5.76. The predicted octanol–water partition coefficient (Wildman–Crippen LogP) is 4.57. The summed E-state index contributed by atoms with van der Waals surface area (Å²) in [7, 11) is 3.90. The Bertz CT molecular complexity index is 703. The first-order valence-corrected chi connectivity index (χ1v) is 10.8. The molecule has 0 radical (unpaired) electrons. The highest BCUT2D eigenvalue weighted by Gasteiger charge is 2.36. The first-order valence-electron chi connectivity index (χ1n) is 10.8. The van der Waals surface area contributed by atoms with Crippen molar-refractivity contribution < 1.29 is 9.84 Å². The standard InChI is InChI=1S/C24H38N2O2/c1-23(2)11-7-18(8-12-23)21-17-19(5-6-22(21)25)24(27)13-9-20(10-14-24)26(3)15-16-28-4/h5-7,17,20,27H,8-16,25H2,1-4H3. The van der Waals surface area contributed by atoms with Crippen LogP contribution in [0.15, 0.2) is 24.3 Å². The van der Waals surface area contributed by atoms with E-state index >= 15 is 0 Å². The fraction of sp³-hybridized carbons (Fsp3) is 0.667. The van der Waals surface area contributed by atoms with Gasteiger partial charge in [0.15, 0.2) is 0 Å². The fourth-order valence-corrected chi connectivity index (χ4v) is 4.67. The van der Waals surface area contributed by atoms with Crippen LogP contribution in [0.2, 0.25) is 0 Å². The molecule has 0 bridgehead atoms. The van der Waals surface area contributed by atoms with E-state index in [1.54, 1.807) is 7.11 Å². The van der Waals surface area contributed by atoms with Crippen molar-refractivity contribution in [1.29, 1.82) is 0 Å². The highest BCUT2D eigenvalue weighted by atomic mass is 16.5. The van der Waals surface area contributed by atoms with Crippen LogP contribution in [0.5, 0.6) is 0 Å². The number of nitrogens with two attached hydrogens (primary N) is 1. The zero-order valence-corrected chi connectivity index (χ0v) is 18.1. The lowest BCUT2D eigenvalue weighted by molar-refractivity contribution is -0.0238. The van der Waals surface area contributed by atoms with Gasteiger partial charge in [-0.25, -0.2) is 0 Å². The normalized spacial score (nSPS) is 27.6. The maximum Gasteiger partial charge on any atom is 0.0898 e. The minimum absolute atomic E-state index is 0.376. The Balaban J connectivity index is 1.73. The van der Waals surface area contributed by atoms with E-state index in [2.05, 4.69) is 37.9 Å². The van der Waals surface area contributed by atoms with Gasteiger partial charge in [-0.05, 0) is 80.7 Å². The van der Waals surface area contributed by atoms with Gasteiger partial charge in [-0.3, -0.25) is 0 Å². The van der Waals surface area contributed by atoms with Gasteiger partial charge < -0.3 is 20.5 Å². The maximum atomic E-state index is 11.4. The number of rotatable bonds is 6. The van der Waals surface area contributed by atoms with Crippen LogP contribution in [0, 0.1) is 5.41 Å². The topological polar surface area (TPSA) is 58.7 Å². The summed E-state index contributed by atoms with van der Waals surface area (Å²) in [6.45, 7) is 6.34. The molecule has 0 aromatic heterocycles. The van der Waals surface area contributed by atoms with Gasteiger partial charge in [0, 0.05) is 30.9 Å². The Morgan fingerprint density at radius 1 is 1.21 bits per heavy atom. The van der Waals surface area contributed by atoms with Crippen molar-refractivity contribution in [3.05, 3.63) is 35.4 Å². The number of methoxy groups -OCH3 is 1. The highest BCUT2D eigenvalue weighted by Crippen LogP contribution is 2.43. The Morgan fingerprint density at radius 3 is 2.54 bits per heavy atom. The summed E-state index contributed by atoms with van der Waals surface area (Å²) in [4.78, 5) is 2.37. The summed E-state index contributed by atoms with van der Waals surface area (Å²) >= 11 is 0. The van der Waals surface area contributed by atoms with Gasteiger partial charge in [0.2, 0.25) is 0 Å².